The van der Waals surface area contributed by atoms with Crippen LogP contribution in [0.4, 0.5) is 0 Å². The van der Waals surface area contributed by atoms with Gasteiger partial charge in [0.2, 0.25) is 0 Å². The van der Waals surface area contributed by atoms with Crippen molar-refractivity contribution in [2.75, 3.05) is 7.05 Å². The quantitative estimate of drug-likeness (QED) is 0.820. The number of nitrogens with zero attached hydrogens (tertiary/aromatic N) is 2. The Bertz CT molecular complexity index is 431. The Hall–Kier alpha value is -1.61. The van der Waals surface area contributed by atoms with Crippen molar-refractivity contribution in [1.82, 2.24) is 14.9 Å². The van der Waals surface area contributed by atoms with Crippen LogP contribution in [0.15, 0.2) is 36.5 Å². The molecule has 0 saturated heterocycles. The number of hydrogen-bond donors (Lipinski definition) is 1. The van der Waals surface area contributed by atoms with Crippen molar-refractivity contribution in [3.05, 3.63) is 42.4 Å². The summed E-state index contributed by atoms with van der Waals surface area (Å²) in [4.78, 5) is 4.38. The maximum Gasteiger partial charge on any atom is 0.122 e. The Labute approximate surface area is 89.8 Å². The summed E-state index contributed by atoms with van der Waals surface area (Å²) in [7, 11) is 3.97. The van der Waals surface area contributed by atoms with Crippen molar-refractivity contribution >= 4 is 0 Å². The predicted octanol–water partition coefficient (Wildman–Crippen LogP) is 1.81. The molecule has 0 radical (unpaired) electrons. The molecule has 0 aliphatic heterocycles. The first kappa shape index (κ1) is 9.93. The molecule has 0 aliphatic carbocycles. The number of imidazole rings is 1. The zero-order chi connectivity index (χ0) is 10.7. The third-order valence-corrected chi connectivity index (χ3v) is 2.49. The first-order valence-corrected chi connectivity index (χ1v) is 5.03. The van der Waals surface area contributed by atoms with Gasteiger partial charge in [0, 0.05) is 7.05 Å². The average Bonchev–Trinajstić information content (AvgIpc) is 2.63. The summed E-state index contributed by atoms with van der Waals surface area (Å²) in [6, 6.07) is 10.3. The van der Waals surface area contributed by atoms with E-state index >= 15 is 0 Å². The number of benzene rings is 1. The first-order chi connectivity index (χ1) is 7.33. The smallest absolute Gasteiger partial charge is 0.122 e. The van der Waals surface area contributed by atoms with Gasteiger partial charge >= 0.3 is 0 Å². The van der Waals surface area contributed by atoms with Gasteiger partial charge in [0.05, 0.1) is 18.4 Å². The van der Waals surface area contributed by atoms with Gasteiger partial charge in [-0.05, 0) is 12.6 Å². The molecule has 1 aromatic carbocycles. The molecule has 0 bridgehead atoms. The van der Waals surface area contributed by atoms with E-state index in [1.54, 1.807) is 0 Å². The minimum absolute atomic E-state index is 0.795. The number of aromatic nitrogens is 2. The van der Waals surface area contributed by atoms with E-state index in [4.69, 9.17) is 0 Å². The van der Waals surface area contributed by atoms with Crippen LogP contribution in [0.5, 0.6) is 0 Å². The van der Waals surface area contributed by atoms with E-state index in [1.807, 2.05) is 38.5 Å². The molecule has 2 aromatic rings. The highest BCUT2D eigenvalue weighted by Crippen LogP contribution is 2.18. The van der Waals surface area contributed by atoms with Crippen LogP contribution in [0.1, 0.15) is 5.82 Å². The molecule has 1 aromatic heterocycles. The second kappa shape index (κ2) is 4.28. The Morgan fingerprint density at radius 1 is 1.27 bits per heavy atom. The lowest BCUT2D eigenvalue weighted by atomic mass is 10.2. The molecule has 0 fully saturated rings. The third kappa shape index (κ3) is 1.92. The van der Waals surface area contributed by atoms with E-state index < -0.39 is 0 Å². The van der Waals surface area contributed by atoms with E-state index in [-0.39, 0.29) is 0 Å². The second-order valence-electron chi connectivity index (χ2n) is 3.52. The number of rotatable bonds is 3. The molecular weight excluding hydrogens is 186 g/mol. The largest absolute Gasteiger partial charge is 0.330 e. The van der Waals surface area contributed by atoms with E-state index in [0.29, 0.717) is 0 Å². The Morgan fingerprint density at radius 2 is 2.00 bits per heavy atom. The lowest BCUT2D eigenvalue weighted by molar-refractivity contribution is 0.712. The van der Waals surface area contributed by atoms with Crippen LogP contribution in [0.2, 0.25) is 0 Å². The van der Waals surface area contributed by atoms with Crippen LogP contribution in [0, 0.1) is 0 Å². The van der Waals surface area contributed by atoms with Crippen LogP contribution in [-0.2, 0) is 13.6 Å². The van der Waals surface area contributed by atoms with E-state index in [0.717, 1.165) is 18.1 Å². The molecule has 0 saturated carbocycles. The summed E-state index contributed by atoms with van der Waals surface area (Å²) < 4.78 is 2.12. The van der Waals surface area contributed by atoms with Gasteiger partial charge in [0.15, 0.2) is 0 Å². The minimum atomic E-state index is 0.795. The zero-order valence-electron chi connectivity index (χ0n) is 9.07. The molecular formula is C12H15N3. The molecule has 0 spiro atoms. The highest BCUT2D eigenvalue weighted by molar-refractivity contribution is 5.58. The summed E-state index contributed by atoms with van der Waals surface area (Å²) >= 11 is 0. The highest BCUT2D eigenvalue weighted by Gasteiger charge is 2.06. The van der Waals surface area contributed by atoms with Gasteiger partial charge in [-0.3, -0.25) is 0 Å². The Balaban J connectivity index is 2.38. The fourth-order valence-electron chi connectivity index (χ4n) is 1.65. The predicted molar refractivity (Wildman–Crippen MR) is 61.4 cm³/mol. The van der Waals surface area contributed by atoms with Crippen molar-refractivity contribution in [1.29, 1.82) is 0 Å². The van der Waals surface area contributed by atoms with Gasteiger partial charge in [-0.1, -0.05) is 30.3 Å². The Morgan fingerprint density at radius 3 is 2.67 bits per heavy atom. The molecule has 3 heteroatoms. The summed E-state index contributed by atoms with van der Waals surface area (Å²) in [5.41, 5.74) is 2.36. The molecule has 2 rings (SSSR count). The summed E-state index contributed by atoms with van der Waals surface area (Å²) in [6.45, 7) is 0.795. The minimum Gasteiger partial charge on any atom is -0.330 e. The fraction of sp³-hybridized carbons (Fsp3) is 0.250. The summed E-state index contributed by atoms with van der Waals surface area (Å²) in [5, 5.41) is 3.11. The average molecular weight is 201 g/mol. The molecule has 1 N–H and O–H groups in total. The molecule has 15 heavy (non-hydrogen) atoms. The van der Waals surface area contributed by atoms with Crippen molar-refractivity contribution < 1.29 is 0 Å². The topological polar surface area (TPSA) is 29.9 Å². The molecule has 0 amide bonds. The number of hydrogen-bond acceptors (Lipinski definition) is 2. The monoisotopic (exact) mass is 201 g/mol. The maximum absolute atomic E-state index is 4.38. The second-order valence-corrected chi connectivity index (χ2v) is 3.52. The van der Waals surface area contributed by atoms with Gasteiger partial charge in [0.1, 0.15) is 5.82 Å². The Kier molecular flexibility index (Phi) is 2.83. The van der Waals surface area contributed by atoms with E-state index in [9.17, 15) is 0 Å². The van der Waals surface area contributed by atoms with Crippen LogP contribution < -0.4 is 5.32 Å². The first-order valence-electron chi connectivity index (χ1n) is 5.03. The van der Waals surface area contributed by atoms with Gasteiger partial charge in [-0.25, -0.2) is 4.98 Å². The van der Waals surface area contributed by atoms with Crippen LogP contribution in [0.3, 0.4) is 0 Å². The lowest BCUT2D eigenvalue weighted by Crippen LogP contribution is -2.10. The van der Waals surface area contributed by atoms with Gasteiger partial charge in [-0.2, -0.15) is 0 Å². The van der Waals surface area contributed by atoms with Crippen molar-refractivity contribution in [2.45, 2.75) is 6.54 Å². The van der Waals surface area contributed by atoms with Crippen LogP contribution in [-0.4, -0.2) is 16.6 Å². The van der Waals surface area contributed by atoms with E-state index in [1.165, 1.54) is 5.56 Å². The van der Waals surface area contributed by atoms with Crippen molar-refractivity contribution in [3.8, 4) is 11.3 Å². The molecule has 78 valence electrons. The zero-order valence-corrected chi connectivity index (χ0v) is 9.07. The van der Waals surface area contributed by atoms with E-state index in [2.05, 4.69) is 27.0 Å². The SMILES string of the molecule is CNCc1ncc(-c2ccccc2)n1C. The van der Waals surface area contributed by atoms with Gasteiger partial charge in [0.25, 0.3) is 0 Å². The maximum atomic E-state index is 4.38. The molecule has 0 unspecified atom stereocenters. The van der Waals surface area contributed by atoms with Crippen LogP contribution in [0.25, 0.3) is 11.3 Å². The molecule has 3 nitrogen and oxygen atoms in total. The molecule has 1 heterocycles. The standard InChI is InChI=1S/C12H15N3/c1-13-9-12-14-8-11(15(12)2)10-6-4-3-5-7-10/h3-8,13H,9H2,1-2H3. The molecule has 0 atom stereocenters. The molecule has 0 aliphatic rings. The van der Waals surface area contributed by atoms with Crippen molar-refractivity contribution in [2.24, 2.45) is 7.05 Å². The summed E-state index contributed by atoms with van der Waals surface area (Å²) in [6.07, 6.45) is 1.92. The van der Waals surface area contributed by atoms with Gasteiger partial charge in [-0.15, -0.1) is 0 Å². The van der Waals surface area contributed by atoms with Crippen molar-refractivity contribution in [3.63, 3.8) is 0 Å². The highest BCUT2D eigenvalue weighted by atomic mass is 15.1. The summed E-state index contributed by atoms with van der Waals surface area (Å²) in [5.74, 6) is 1.05. The number of nitrogens with one attached hydrogen (secondary N) is 1. The lowest BCUT2D eigenvalue weighted by Gasteiger charge is -2.05. The third-order valence-electron chi connectivity index (χ3n) is 2.49. The van der Waals surface area contributed by atoms with Crippen LogP contribution >= 0.6 is 0 Å². The fourth-order valence-corrected chi connectivity index (χ4v) is 1.65. The normalized spacial score (nSPS) is 10.5. The van der Waals surface area contributed by atoms with Gasteiger partial charge < -0.3 is 9.88 Å².